The molecule has 1 unspecified atom stereocenters. The van der Waals surface area contributed by atoms with Crippen molar-refractivity contribution >= 4 is 8.80 Å². The Morgan fingerprint density at radius 3 is 2.52 bits per heavy atom. The molecule has 0 heterocycles. The Labute approximate surface area is 141 Å². The zero-order valence-corrected chi connectivity index (χ0v) is 15.3. The molecule has 0 fully saturated rings. The fourth-order valence-electron chi connectivity index (χ4n) is 2.47. The molecular formula is C17H30N2O3Si. The molecule has 0 saturated carbocycles. The molecule has 0 saturated heterocycles. The minimum absolute atomic E-state index is 0.00123. The molecule has 0 aliphatic rings. The van der Waals surface area contributed by atoms with E-state index < -0.39 is 8.80 Å². The number of nitrogens with one attached hydrogen (secondary N) is 1. The van der Waals surface area contributed by atoms with E-state index in [1.807, 2.05) is 18.2 Å². The zero-order valence-electron chi connectivity index (χ0n) is 14.3. The Hall–Kier alpha value is -1.18. The van der Waals surface area contributed by atoms with E-state index in [4.69, 9.17) is 19.0 Å². The molecule has 23 heavy (non-hydrogen) atoms. The molecule has 1 atom stereocenters. The second-order valence-electron chi connectivity index (χ2n) is 5.36. The van der Waals surface area contributed by atoms with E-state index in [-0.39, 0.29) is 6.10 Å². The van der Waals surface area contributed by atoms with Gasteiger partial charge in [0.2, 0.25) is 0 Å². The van der Waals surface area contributed by atoms with Crippen molar-refractivity contribution in [2.45, 2.75) is 31.4 Å². The smallest absolute Gasteiger partial charge is 0.391 e. The average Bonchev–Trinajstić information content (AvgIpc) is 2.59. The van der Waals surface area contributed by atoms with E-state index in [9.17, 15) is 0 Å². The molecule has 1 aromatic rings. The Balaban J connectivity index is 2.69. The van der Waals surface area contributed by atoms with Gasteiger partial charge in [-0.05, 0) is 37.6 Å². The number of hydrogen-bond acceptors (Lipinski definition) is 5. The van der Waals surface area contributed by atoms with Crippen molar-refractivity contribution in [1.82, 2.24) is 5.32 Å². The number of benzene rings is 1. The highest BCUT2D eigenvalue weighted by Crippen LogP contribution is 2.21. The van der Waals surface area contributed by atoms with Crippen LogP contribution in [0.25, 0.3) is 0 Å². The van der Waals surface area contributed by atoms with Gasteiger partial charge in [0, 0.05) is 26.8 Å². The summed E-state index contributed by atoms with van der Waals surface area (Å²) in [6.45, 7) is 5.05. The molecule has 1 aromatic carbocycles. The maximum atomic E-state index is 6.32. The summed E-state index contributed by atoms with van der Waals surface area (Å²) >= 11 is 0. The Morgan fingerprint density at radius 2 is 1.96 bits per heavy atom. The fourth-order valence-corrected chi connectivity index (χ4v) is 4.68. The summed E-state index contributed by atoms with van der Waals surface area (Å²) in [5.74, 6) is 0. The van der Waals surface area contributed by atoms with Crippen LogP contribution in [0.1, 0.15) is 18.4 Å². The van der Waals surface area contributed by atoms with Crippen molar-refractivity contribution in [3.63, 3.8) is 0 Å². The van der Waals surface area contributed by atoms with Crippen LogP contribution in [-0.2, 0) is 19.7 Å². The van der Waals surface area contributed by atoms with Gasteiger partial charge in [-0.2, -0.15) is 0 Å². The third-order valence-electron chi connectivity index (χ3n) is 3.71. The van der Waals surface area contributed by atoms with Crippen molar-refractivity contribution in [2.75, 3.05) is 27.3 Å². The summed E-state index contributed by atoms with van der Waals surface area (Å²) in [5.41, 5.74) is 6.99. The highest BCUT2D eigenvalue weighted by atomic mass is 28.4. The van der Waals surface area contributed by atoms with Crippen molar-refractivity contribution in [2.24, 2.45) is 5.73 Å². The van der Waals surface area contributed by atoms with Gasteiger partial charge in [0.15, 0.2) is 0 Å². The first-order valence-corrected chi connectivity index (χ1v) is 9.99. The van der Waals surface area contributed by atoms with Crippen LogP contribution >= 0.6 is 0 Å². The lowest BCUT2D eigenvalue weighted by molar-refractivity contribution is 0.0519. The summed E-state index contributed by atoms with van der Waals surface area (Å²) in [4.78, 5) is 0. The first-order valence-electron chi connectivity index (χ1n) is 8.06. The predicted octanol–water partition coefficient (Wildman–Crippen LogP) is 2.32. The SMILES string of the molecule is C=CNCCC[Si](OC)(OC)OC(CCN)Cc1ccccc1. The minimum atomic E-state index is -2.68. The summed E-state index contributed by atoms with van der Waals surface area (Å²) in [7, 11) is 0.653. The monoisotopic (exact) mass is 338 g/mol. The molecule has 5 nitrogen and oxygen atoms in total. The van der Waals surface area contributed by atoms with E-state index in [0.717, 1.165) is 31.9 Å². The van der Waals surface area contributed by atoms with Crippen molar-refractivity contribution in [1.29, 1.82) is 0 Å². The van der Waals surface area contributed by atoms with Crippen molar-refractivity contribution < 1.29 is 13.3 Å². The summed E-state index contributed by atoms with van der Waals surface area (Å²) < 4.78 is 17.7. The summed E-state index contributed by atoms with van der Waals surface area (Å²) in [5, 5.41) is 3.09. The summed E-state index contributed by atoms with van der Waals surface area (Å²) in [6.07, 6.45) is 4.18. The van der Waals surface area contributed by atoms with Gasteiger partial charge < -0.3 is 24.3 Å². The molecule has 0 radical (unpaired) electrons. The highest BCUT2D eigenvalue weighted by molar-refractivity contribution is 6.60. The molecule has 0 amide bonds. The van der Waals surface area contributed by atoms with Crippen LogP contribution in [0.15, 0.2) is 43.1 Å². The van der Waals surface area contributed by atoms with Gasteiger partial charge in [-0.25, -0.2) is 0 Å². The predicted molar refractivity (Wildman–Crippen MR) is 96.1 cm³/mol. The van der Waals surface area contributed by atoms with Gasteiger partial charge in [-0.3, -0.25) is 0 Å². The largest absolute Gasteiger partial charge is 0.500 e. The standard InChI is InChI=1S/C17H30N2O3Si/c1-4-19-13-8-14-23(20-2,21-3)22-17(11-12-18)15-16-9-6-5-7-10-16/h4-7,9-10,17,19H,1,8,11-15,18H2,2-3H3. The van der Waals surface area contributed by atoms with E-state index in [2.05, 4.69) is 24.0 Å². The van der Waals surface area contributed by atoms with Gasteiger partial charge in [0.1, 0.15) is 0 Å². The molecular weight excluding hydrogens is 308 g/mol. The first kappa shape index (κ1) is 19.9. The number of rotatable bonds is 13. The van der Waals surface area contributed by atoms with Gasteiger partial charge in [0.05, 0.1) is 6.10 Å². The Morgan fingerprint density at radius 1 is 1.26 bits per heavy atom. The lowest BCUT2D eigenvalue weighted by Gasteiger charge is -2.31. The van der Waals surface area contributed by atoms with Gasteiger partial charge in [-0.1, -0.05) is 36.9 Å². The number of nitrogens with two attached hydrogens (primary N) is 1. The lowest BCUT2D eigenvalue weighted by atomic mass is 10.1. The summed E-state index contributed by atoms with van der Waals surface area (Å²) in [6, 6.07) is 11.0. The maximum Gasteiger partial charge on any atom is 0.500 e. The second kappa shape index (κ2) is 11.4. The molecule has 0 bridgehead atoms. The molecule has 0 aliphatic carbocycles. The van der Waals surface area contributed by atoms with Crippen LogP contribution in [0.3, 0.4) is 0 Å². The molecule has 3 N–H and O–H groups in total. The molecule has 0 spiro atoms. The molecule has 0 aromatic heterocycles. The Kier molecular flexibility index (Phi) is 9.82. The van der Waals surface area contributed by atoms with Crippen molar-refractivity contribution in [3.8, 4) is 0 Å². The van der Waals surface area contributed by atoms with Crippen LogP contribution in [0, 0.1) is 0 Å². The van der Waals surface area contributed by atoms with E-state index in [1.54, 1.807) is 20.4 Å². The molecule has 0 aliphatic heterocycles. The molecule has 1 rings (SSSR count). The number of hydrogen-bond donors (Lipinski definition) is 2. The van der Waals surface area contributed by atoms with Gasteiger partial charge in [-0.15, -0.1) is 0 Å². The topological polar surface area (TPSA) is 65.7 Å². The minimum Gasteiger partial charge on any atom is -0.391 e. The van der Waals surface area contributed by atoms with E-state index >= 15 is 0 Å². The van der Waals surface area contributed by atoms with E-state index in [1.165, 1.54) is 5.56 Å². The van der Waals surface area contributed by atoms with Crippen LogP contribution in [-0.4, -0.2) is 42.2 Å². The van der Waals surface area contributed by atoms with E-state index in [0.29, 0.717) is 6.54 Å². The van der Waals surface area contributed by atoms with Crippen LogP contribution in [0.5, 0.6) is 0 Å². The van der Waals surface area contributed by atoms with Gasteiger partial charge >= 0.3 is 8.80 Å². The first-order chi connectivity index (χ1) is 11.2. The lowest BCUT2D eigenvalue weighted by Crippen LogP contribution is -2.48. The molecule has 6 heteroatoms. The van der Waals surface area contributed by atoms with Crippen LogP contribution in [0.4, 0.5) is 0 Å². The molecule has 130 valence electrons. The normalized spacial score (nSPS) is 12.8. The third-order valence-corrected chi connectivity index (χ3v) is 6.61. The van der Waals surface area contributed by atoms with Crippen molar-refractivity contribution in [3.05, 3.63) is 48.7 Å². The third kappa shape index (κ3) is 7.28. The van der Waals surface area contributed by atoms with Gasteiger partial charge in [0.25, 0.3) is 0 Å². The highest BCUT2D eigenvalue weighted by Gasteiger charge is 2.40. The quantitative estimate of drug-likeness (QED) is 0.427. The maximum absolute atomic E-state index is 6.32. The zero-order chi connectivity index (χ0) is 17.0. The van der Waals surface area contributed by atoms with Crippen LogP contribution < -0.4 is 11.1 Å². The fraction of sp³-hybridized carbons (Fsp3) is 0.529. The van der Waals surface area contributed by atoms with Crippen LogP contribution in [0.2, 0.25) is 6.04 Å². The Bertz CT molecular complexity index is 427. The second-order valence-corrected chi connectivity index (χ2v) is 8.28. The average molecular weight is 339 g/mol.